The van der Waals surface area contributed by atoms with Crippen LogP contribution in [0.2, 0.25) is 0 Å². The van der Waals surface area contributed by atoms with Crippen molar-refractivity contribution in [3.05, 3.63) is 0 Å². The third-order valence-electron chi connectivity index (χ3n) is 3.85. The largest absolute Gasteiger partial charge is 0.396 e. The molecule has 100 valence electrons. The molecule has 2 N–H and O–H groups in total. The molecule has 0 bridgehead atoms. The first kappa shape index (κ1) is 14.5. The summed E-state index contributed by atoms with van der Waals surface area (Å²) in [5.41, 5.74) is 0. The van der Waals surface area contributed by atoms with Crippen LogP contribution in [-0.4, -0.2) is 23.7 Å². The summed E-state index contributed by atoms with van der Waals surface area (Å²) in [5.74, 6) is 1.32. The van der Waals surface area contributed by atoms with Crippen LogP contribution in [0.4, 0.5) is 0 Å². The lowest BCUT2D eigenvalue weighted by Crippen LogP contribution is -2.39. The van der Waals surface area contributed by atoms with Crippen LogP contribution in [0.5, 0.6) is 0 Å². The maximum absolute atomic E-state index is 11.8. The van der Waals surface area contributed by atoms with Crippen molar-refractivity contribution in [1.82, 2.24) is 5.32 Å². The summed E-state index contributed by atoms with van der Waals surface area (Å²) in [7, 11) is 0. The average molecular weight is 241 g/mol. The molecule has 1 amide bonds. The van der Waals surface area contributed by atoms with E-state index in [1.54, 1.807) is 0 Å². The molecule has 0 saturated heterocycles. The Bertz CT molecular complexity index is 222. The third-order valence-corrected chi connectivity index (χ3v) is 3.85. The minimum absolute atomic E-state index is 0.121. The van der Waals surface area contributed by atoms with Gasteiger partial charge in [0.1, 0.15) is 0 Å². The molecule has 1 aliphatic carbocycles. The minimum Gasteiger partial charge on any atom is -0.396 e. The first-order valence-electron chi connectivity index (χ1n) is 7.03. The molecule has 0 radical (unpaired) electrons. The lowest BCUT2D eigenvalue weighted by Gasteiger charge is -2.21. The van der Waals surface area contributed by atoms with Gasteiger partial charge in [-0.2, -0.15) is 0 Å². The molecule has 1 fully saturated rings. The van der Waals surface area contributed by atoms with Crippen LogP contribution < -0.4 is 5.32 Å². The van der Waals surface area contributed by atoms with E-state index in [0.717, 1.165) is 12.3 Å². The van der Waals surface area contributed by atoms with Crippen LogP contribution in [-0.2, 0) is 4.79 Å². The molecule has 3 heteroatoms. The predicted octanol–water partition coefficient (Wildman–Crippen LogP) is 2.48. The fourth-order valence-electron chi connectivity index (χ4n) is 2.62. The van der Waals surface area contributed by atoms with E-state index in [1.165, 1.54) is 25.7 Å². The molecule has 0 aromatic rings. The van der Waals surface area contributed by atoms with Crippen molar-refractivity contribution in [2.45, 2.75) is 64.8 Å². The highest BCUT2D eigenvalue weighted by atomic mass is 16.3. The van der Waals surface area contributed by atoms with Gasteiger partial charge in [-0.3, -0.25) is 4.79 Å². The zero-order chi connectivity index (χ0) is 12.7. The monoisotopic (exact) mass is 241 g/mol. The fourth-order valence-corrected chi connectivity index (χ4v) is 2.62. The summed E-state index contributed by atoms with van der Waals surface area (Å²) in [4.78, 5) is 11.8. The molecule has 1 aliphatic rings. The quantitative estimate of drug-likeness (QED) is 0.719. The molecule has 0 heterocycles. The smallest absolute Gasteiger partial charge is 0.220 e. The molecule has 0 aromatic heterocycles. The standard InChI is InChI=1S/C14H27NO2/c1-11(2)13(9-10-16)15-14(17)8-7-12-5-3-4-6-12/h11-13,16H,3-10H2,1-2H3,(H,15,17). The van der Waals surface area contributed by atoms with Crippen molar-refractivity contribution in [3.63, 3.8) is 0 Å². The molecular weight excluding hydrogens is 214 g/mol. The molecule has 17 heavy (non-hydrogen) atoms. The highest BCUT2D eigenvalue weighted by Gasteiger charge is 2.18. The molecule has 1 saturated carbocycles. The number of amides is 1. The first-order valence-corrected chi connectivity index (χ1v) is 7.03. The van der Waals surface area contributed by atoms with Crippen LogP contribution in [0.1, 0.15) is 58.8 Å². The van der Waals surface area contributed by atoms with Gasteiger partial charge in [-0.05, 0) is 24.7 Å². The number of carbonyl (C=O) groups excluding carboxylic acids is 1. The molecule has 1 unspecified atom stereocenters. The Morgan fingerprint density at radius 3 is 2.53 bits per heavy atom. The number of aliphatic hydroxyl groups is 1. The zero-order valence-corrected chi connectivity index (χ0v) is 11.2. The maximum atomic E-state index is 11.8. The average Bonchev–Trinajstić information content (AvgIpc) is 2.78. The van der Waals surface area contributed by atoms with E-state index >= 15 is 0 Å². The van der Waals surface area contributed by atoms with Gasteiger partial charge in [0, 0.05) is 19.1 Å². The van der Waals surface area contributed by atoms with Gasteiger partial charge in [0.2, 0.25) is 5.91 Å². The van der Waals surface area contributed by atoms with Crippen LogP contribution in [0, 0.1) is 11.8 Å². The number of rotatable bonds is 7. The molecule has 1 rings (SSSR count). The van der Waals surface area contributed by atoms with Crippen LogP contribution in [0.15, 0.2) is 0 Å². The SMILES string of the molecule is CC(C)C(CCO)NC(=O)CCC1CCCC1. The lowest BCUT2D eigenvalue weighted by molar-refractivity contribution is -0.122. The second-order valence-electron chi connectivity index (χ2n) is 5.62. The van der Waals surface area contributed by atoms with Gasteiger partial charge in [0.15, 0.2) is 0 Å². The van der Waals surface area contributed by atoms with Crippen molar-refractivity contribution >= 4 is 5.91 Å². The fraction of sp³-hybridized carbons (Fsp3) is 0.929. The summed E-state index contributed by atoms with van der Waals surface area (Å²) < 4.78 is 0. The van der Waals surface area contributed by atoms with E-state index in [0.29, 0.717) is 18.8 Å². The summed E-state index contributed by atoms with van der Waals surface area (Å²) in [5, 5.41) is 12.0. The maximum Gasteiger partial charge on any atom is 0.220 e. The number of aliphatic hydroxyl groups excluding tert-OH is 1. The first-order chi connectivity index (χ1) is 8.13. The molecule has 3 nitrogen and oxygen atoms in total. The zero-order valence-electron chi connectivity index (χ0n) is 11.2. The van der Waals surface area contributed by atoms with Gasteiger partial charge in [-0.25, -0.2) is 0 Å². The second kappa shape index (κ2) is 7.70. The van der Waals surface area contributed by atoms with Crippen LogP contribution >= 0.6 is 0 Å². The topological polar surface area (TPSA) is 49.3 Å². The van der Waals surface area contributed by atoms with Crippen molar-refractivity contribution in [1.29, 1.82) is 0 Å². The Labute approximate surface area is 105 Å². The Morgan fingerprint density at radius 2 is 2.00 bits per heavy atom. The Balaban J connectivity index is 2.21. The van der Waals surface area contributed by atoms with E-state index < -0.39 is 0 Å². The third kappa shape index (κ3) is 5.53. The van der Waals surface area contributed by atoms with E-state index in [9.17, 15) is 4.79 Å². The van der Waals surface area contributed by atoms with E-state index in [2.05, 4.69) is 19.2 Å². The van der Waals surface area contributed by atoms with Gasteiger partial charge in [-0.1, -0.05) is 39.5 Å². The number of hydrogen-bond acceptors (Lipinski definition) is 2. The normalized spacial score (nSPS) is 18.6. The summed E-state index contributed by atoms with van der Waals surface area (Å²) in [6.07, 6.45) is 7.63. The predicted molar refractivity (Wildman–Crippen MR) is 69.7 cm³/mol. The van der Waals surface area contributed by atoms with Gasteiger partial charge in [-0.15, -0.1) is 0 Å². The van der Waals surface area contributed by atoms with Gasteiger partial charge < -0.3 is 10.4 Å². The van der Waals surface area contributed by atoms with E-state index in [1.807, 2.05) is 0 Å². The lowest BCUT2D eigenvalue weighted by atomic mass is 9.99. The van der Waals surface area contributed by atoms with E-state index in [4.69, 9.17) is 5.11 Å². The van der Waals surface area contributed by atoms with Crippen molar-refractivity contribution in [2.24, 2.45) is 11.8 Å². The Morgan fingerprint density at radius 1 is 1.35 bits per heavy atom. The molecule has 1 atom stereocenters. The van der Waals surface area contributed by atoms with Crippen molar-refractivity contribution < 1.29 is 9.90 Å². The molecule has 0 aromatic carbocycles. The highest BCUT2D eigenvalue weighted by molar-refractivity contribution is 5.76. The summed E-state index contributed by atoms with van der Waals surface area (Å²) in [6, 6.07) is 0.121. The number of nitrogens with one attached hydrogen (secondary N) is 1. The summed E-state index contributed by atoms with van der Waals surface area (Å²) >= 11 is 0. The van der Waals surface area contributed by atoms with Crippen LogP contribution in [0.25, 0.3) is 0 Å². The van der Waals surface area contributed by atoms with E-state index in [-0.39, 0.29) is 18.6 Å². The van der Waals surface area contributed by atoms with Crippen molar-refractivity contribution in [3.8, 4) is 0 Å². The Hall–Kier alpha value is -0.570. The molecular formula is C14H27NO2. The number of hydrogen-bond donors (Lipinski definition) is 2. The van der Waals surface area contributed by atoms with Crippen molar-refractivity contribution in [2.75, 3.05) is 6.61 Å². The van der Waals surface area contributed by atoms with Crippen LogP contribution in [0.3, 0.4) is 0 Å². The Kier molecular flexibility index (Phi) is 6.56. The summed E-state index contributed by atoms with van der Waals surface area (Å²) in [6.45, 7) is 4.31. The molecule has 0 aliphatic heterocycles. The van der Waals surface area contributed by atoms with Gasteiger partial charge in [0.25, 0.3) is 0 Å². The van der Waals surface area contributed by atoms with Gasteiger partial charge >= 0.3 is 0 Å². The molecule has 0 spiro atoms. The van der Waals surface area contributed by atoms with Gasteiger partial charge in [0.05, 0.1) is 0 Å². The second-order valence-corrected chi connectivity index (χ2v) is 5.62. The highest BCUT2D eigenvalue weighted by Crippen LogP contribution is 2.28. The number of carbonyl (C=O) groups is 1. The minimum atomic E-state index is 0.121.